The Morgan fingerprint density at radius 2 is 1.68 bits per heavy atom. The number of methoxy groups -OCH3 is 1. The predicted molar refractivity (Wildman–Crippen MR) is 75.3 cm³/mol. The molecule has 0 aliphatic rings. The predicted octanol–water partition coefficient (Wildman–Crippen LogP) is 3.15. The third-order valence-corrected chi connectivity index (χ3v) is 4.21. The van der Waals surface area contributed by atoms with Crippen molar-refractivity contribution in [3.8, 4) is 5.75 Å². The van der Waals surface area contributed by atoms with E-state index in [1.54, 1.807) is 42.5 Å². The van der Waals surface area contributed by atoms with Crippen LogP contribution < -0.4 is 9.46 Å². The summed E-state index contributed by atoms with van der Waals surface area (Å²) < 4.78 is 32.1. The number of para-hydroxylation sites is 2. The number of hydrogen-bond acceptors (Lipinski definition) is 3. The summed E-state index contributed by atoms with van der Waals surface area (Å²) in [6.45, 7) is 0. The molecule has 6 heteroatoms. The van der Waals surface area contributed by atoms with Crippen molar-refractivity contribution in [1.29, 1.82) is 0 Å². The van der Waals surface area contributed by atoms with Crippen LogP contribution >= 0.6 is 11.6 Å². The van der Waals surface area contributed by atoms with Crippen LogP contribution in [-0.2, 0) is 10.0 Å². The molecular formula is C13H12ClNO3S. The highest BCUT2D eigenvalue weighted by Crippen LogP contribution is 2.28. The van der Waals surface area contributed by atoms with Crippen molar-refractivity contribution in [2.45, 2.75) is 4.90 Å². The lowest BCUT2D eigenvalue weighted by atomic mass is 10.3. The SMILES string of the molecule is COc1ccccc1S(=O)(=O)Nc1ccccc1Cl. The van der Waals surface area contributed by atoms with E-state index in [2.05, 4.69) is 4.72 Å². The fourth-order valence-electron chi connectivity index (χ4n) is 1.58. The Bertz CT molecular complexity index is 686. The maximum absolute atomic E-state index is 12.3. The monoisotopic (exact) mass is 297 g/mol. The number of ether oxygens (including phenoxy) is 1. The van der Waals surface area contributed by atoms with Crippen molar-refractivity contribution in [2.75, 3.05) is 11.8 Å². The summed E-state index contributed by atoms with van der Waals surface area (Å²) in [6.07, 6.45) is 0. The third-order valence-electron chi connectivity index (χ3n) is 2.48. The van der Waals surface area contributed by atoms with E-state index in [0.717, 1.165) is 0 Å². The maximum Gasteiger partial charge on any atom is 0.265 e. The molecule has 2 aromatic rings. The number of sulfonamides is 1. The molecule has 1 N–H and O–H groups in total. The van der Waals surface area contributed by atoms with Gasteiger partial charge in [-0.1, -0.05) is 35.9 Å². The molecule has 2 aromatic carbocycles. The van der Waals surface area contributed by atoms with Crippen LogP contribution in [0.2, 0.25) is 5.02 Å². The molecule has 0 spiro atoms. The van der Waals surface area contributed by atoms with Crippen LogP contribution in [0.4, 0.5) is 5.69 Å². The zero-order valence-corrected chi connectivity index (χ0v) is 11.7. The molecule has 0 aliphatic carbocycles. The van der Waals surface area contributed by atoms with Gasteiger partial charge in [0, 0.05) is 0 Å². The summed E-state index contributed by atoms with van der Waals surface area (Å²) in [5.74, 6) is 0.280. The van der Waals surface area contributed by atoms with Crippen molar-refractivity contribution in [3.05, 3.63) is 53.6 Å². The summed E-state index contributed by atoms with van der Waals surface area (Å²) in [5.41, 5.74) is 0.329. The van der Waals surface area contributed by atoms with Crippen molar-refractivity contribution < 1.29 is 13.2 Å². The van der Waals surface area contributed by atoms with Crippen molar-refractivity contribution in [1.82, 2.24) is 0 Å². The van der Waals surface area contributed by atoms with Gasteiger partial charge >= 0.3 is 0 Å². The normalized spacial score (nSPS) is 11.1. The van der Waals surface area contributed by atoms with Gasteiger partial charge in [0.2, 0.25) is 0 Å². The lowest BCUT2D eigenvalue weighted by Crippen LogP contribution is -2.14. The molecule has 0 saturated heterocycles. The molecule has 0 amide bonds. The van der Waals surface area contributed by atoms with Gasteiger partial charge in [-0.2, -0.15) is 0 Å². The van der Waals surface area contributed by atoms with Crippen LogP contribution in [0.3, 0.4) is 0 Å². The molecule has 100 valence electrons. The Hall–Kier alpha value is -1.72. The van der Waals surface area contributed by atoms with Crippen molar-refractivity contribution in [3.63, 3.8) is 0 Å². The molecule has 0 atom stereocenters. The number of rotatable bonds is 4. The summed E-state index contributed by atoms with van der Waals surface area (Å²) in [6, 6.07) is 13.0. The molecule has 0 radical (unpaired) electrons. The Kier molecular flexibility index (Phi) is 3.97. The minimum atomic E-state index is -3.74. The van der Waals surface area contributed by atoms with Crippen molar-refractivity contribution >= 4 is 27.3 Å². The summed E-state index contributed by atoms with van der Waals surface area (Å²) in [7, 11) is -2.32. The molecule has 0 aromatic heterocycles. The molecule has 4 nitrogen and oxygen atoms in total. The number of halogens is 1. The van der Waals surface area contributed by atoms with Gasteiger partial charge in [-0.05, 0) is 24.3 Å². The van der Waals surface area contributed by atoms with Crippen LogP contribution in [0.25, 0.3) is 0 Å². The molecule has 0 bridgehead atoms. The number of nitrogens with one attached hydrogen (secondary N) is 1. The summed E-state index contributed by atoms with van der Waals surface area (Å²) >= 11 is 5.93. The molecule has 0 saturated carbocycles. The number of anilines is 1. The first-order valence-electron chi connectivity index (χ1n) is 5.45. The Balaban J connectivity index is 2.41. The molecule has 0 unspecified atom stereocenters. The second-order valence-electron chi connectivity index (χ2n) is 3.74. The third kappa shape index (κ3) is 3.00. The fourth-order valence-corrected chi connectivity index (χ4v) is 3.07. The van der Waals surface area contributed by atoms with Crippen LogP contribution in [-0.4, -0.2) is 15.5 Å². The van der Waals surface area contributed by atoms with E-state index in [0.29, 0.717) is 10.7 Å². The van der Waals surface area contributed by atoms with E-state index in [1.165, 1.54) is 13.2 Å². The van der Waals surface area contributed by atoms with E-state index in [9.17, 15) is 8.42 Å². The highest BCUT2D eigenvalue weighted by molar-refractivity contribution is 7.92. The Labute approximate surface area is 117 Å². The summed E-state index contributed by atoms with van der Waals surface area (Å²) in [5, 5.41) is 0.334. The van der Waals surface area contributed by atoms with E-state index >= 15 is 0 Å². The highest BCUT2D eigenvalue weighted by atomic mass is 35.5. The van der Waals surface area contributed by atoms with Crippen molar-refractivity contribution in [2.24, 2.45) is 0 Å². The Morgan fingerprint density at radius 3 is 2.37 bits per heavy atom. The standard InChI is InChI=1S/C13H12ClNO3S/c1-18-12-8-4-5-9-13(12)19(16,17)15-11-7-3-2-6-10(11)14/h2-9,15H,1H3. The molecule has 0 heterocycles. The molecule has 2 rings (SSSR count). The average Bonchev–Trinajstić information content (AvgIpc) is 2.41. The molecule has 0 aliphatic heterocycles. The lowest BCUT2D eigenvalue weighted by Gasteiger charge is -2.12. The first kappa shape index (κ1) is 13.7. The molecule has 19 heavy (non-hydrogen) atoms. The van der Waals surface area contributed by atoms with Gasteiger partial charge in [0.1, 0.15) is 10.6 Å². The number of hydrogen-bond donors (Lipinski definition) is 1. The highest BCUT2D eigenvalue weighted by Gasteiger charge is 2.19. The van der Waals surface area contributed by atoms with E-state index < -0.39 is 10.0 Å². The van der Waals surface area contributed by atoms with Gasteiger partial charge in [0.05, 0.1) is 17.8 Å². The smallest absolute Gasteiger partial charge is 0.265 e. The minimum Gasteiger partial charge on any atom is -0.495 e. The second kappa shape index (κ2) is 5.50. The first-order valence-corrected chi connectivity index (χ1v) is 7.31. The van der Waals surface area contributed by atoms with Crippen LogP contribution in [0.1, 0.15) is 0 Å². The molecule has 0 fully saturated rings. The largest absolute Gasteiger partial charge is 0.495 e. The zero-order valence-electron chi connectivity index (χ0n) is 10.1. The van der Waals surface area contributed by atoms with Gasteiger partial charge in [0.15, 0.2) is 0 Å². The van der Waals surface area contributed by atoms with E-state index in [1.807, 2.05) is 0 Å². The quantitative estimate of drug-likeness (QED) is 0.943. The van der Waals surface area contributed by atoms with Crippen LogP contribution in [0.15, 0.2) is 53.4 Å². The van der Waals surface area contributed by atoms with Crippen LogP contribution in [0.5, 0.6) is 5.75 Å². The Morgan fingerprint density at radius 1 is 1.05 bits per heavy atom. The fraction of sp³-hybridized carbons (Fsp3) is 0.0769. The van der Waals surface area contributed by atoms with Gasteiger partial charge < -0.3 is 4.74 Å². The van der Waals surface area contributed by atoms with E-state index in [4.69, 9.17) is 16.3 Å². The minimum absolute atomic E-state index is 0.0671. The van der Waals surface area contributed by atoms with Gasteiger partial charge in [0.25, 0.3) is 10.0 Å². The summed E-state index contributed by atoms with van der Waals surface area (Å²) in [4.78, 5) is 0.0671. The average molecular weight is 298 g/mol. The number of benzene rings is 2. The maximum atomic E-state index is 12.3. The zero-order chi connectivity index (χ0) is 13.9. The van der Waals surface area contributed by atoms with Gasteiger partial charge in [-0.3, -0.25) is 4.72 Å². The second-order valence-corrected chi connectivity index (χ2v) is 5.79. The lowest BCUT2D eigenvalue weighted by molar-refractivity contribution is 0.403. The topological polar surface area (TPSA) is 55.4 Å². The van der Waals surface area contributed by atoms with Gasteiger partial charge in [-0.25, -0.2) is 8.42 Å². The molecular weight excluding hydrogens is 286 g/mol. The van der Waals surface area contributed by atoms with Gasteiger partial charge in [-0.15, -0.1) is 0 Å². The van der Waals surface area contributed by atoms with E-state index in [-0.39, 0.29) is 10.6 Å². The van der Waals surface area contributed by atoms with Crippen LogP contribution in [0, 0.1) is 0 Å². The first-order chi connectivity index (χ1) is 9.04.